The molecule has 1 aliphatic heterocycles. The van der Waals surface area contributed by atoms with Gasteiger partial charge < -0.3 is 4.74 Å². The topological polar surface area (TPSA) is 48.0 Å². The van der Waals surface area contributed by atoms with Gasteiger partial charge in [0.05, 0.1) is 11.3 Å². The predicted octanol–water partition coefficient (Wildman–Crippen LogP) is 3.34. The van der Waals surface area contributed by atoms with Gasteiger partial charge in [-0.1, -0.05) is 0 Å². The fourth-order valence-corrected chi connectivity index (χ4v) is 1.69. The molecular weight excluding hydrogens is 284 g/mol. The highest BCUT2D eigenvalue weighted by atomic mass is 19.3. The standard InChI is InChI=1S/C14H17F2NO4/c1-13(2)14(3,4)21-17(20-13)10-6-5-9(8-18)11(7-10)19-12(15)16/h5-8,12H,1-4H3. The van der Waals surface area contributed by atoms with Gasteiger partial charge in [-0.25, -0.2) is 9.68 Å². The molecule has 21 heavy (non-hydrogen) atoms. The van der Waals surface area contributed by atoms with Crippen molar-refractivity contribution >= 4 is 12.0 Å². The summed E-state index contributed by atoms with van der Waals surface area (Å²) < 4.78 is 29.1. The Kier molecular flexibility index (Phi) is 3.90. The Bertz CT molecular complexity index is 530. The molecule has 116 valence electrons. The Morgan fingerprint density at radius 1 is 1.19 bits per heavy atom. The zero-order chi connectivity index (χ0) is 15.8. The zero-order valence-corrected chi connectivity index (χ0v) is 12.2. The lowest BCUT2D eigenvalue weighted by molar-refractivity contribution is -0.0509. The molecule has 0 spiro atoms. The number of alkyl halides is 2. The van der Waals surface area contributed by atoms with Crippen molar-refractivity contribution < 1.29 is 28.0 Å². The lowest BCUT2D eigenvalue weighted by Gasteiger charge is -2.26. The Morgan fingerprint density at radius 2 is 1.76 bits per heavy atom. The van der Waals surface area contributed by atoms with E-state index in [0.717, 1.165) is 5.23 Å². The number of hydrogen-bond acceptors (Lipinski definition) is 5. The van der Waals surface area contributed by atoms with E-state index >= 15 is 0 Å². The number of rotatable bonds is 4. The average molecular weight is 301 g/mol. The first-order valence-corrected chi connectivity index (χ1v) is 6.39. The number of hydrogen-bond donors (Lipinski definition) is 0. The van der Waals surface area contributed by atoms with Crippen LogP contribution in [0.5, 0.6) is 5.75 Å². The molecule has 0 amide bonds. The fourth-order valence-electron chi connectivity index (χ4n) is 1.69. The van der Waals surface area contributed by atoms with E-state index in [0.29, 0.717) is 12.0 Å². The summed E-state index contributed by atoms with van der Waals surface area (Å²) in [6, 6.07) is 4.16. The maximum atomic E-state index is 12.4. The van der Waals surface area contributed by atoms with Gasteiger partial charge in [-0.15, -0.1) is 5.23 Å². The molecular formula is C14H17F2NO4. The number of halogens is 2. The number of ether oxygens (including phenoxy) is 1. The summed E-state index contributed by atoms with van der Waals surface area (Å²) in [5.74, 6) is -0.229. The minimum absolute atomic E-state index is 0.0248. The van der Waals surface area contributed by atoms with Gasteiger partial charge >= 0.3 is 6.61 Å². The molecule has 0 atom stereocenters. The summed E-state index contributed by atoms with van der Waals surface area (Å²) in [5, 5.41) is 1.15. The number of anilines is 1. The van der Waals surface area contributed by atoms with E-state index < -0.39 is 17.8 Å². The second-order valence-electron chi connectivity index (χ2n) is 5.68. The molecule has 1 aliphatic rings. The summed E-state index contributed by atoms with van der Waals surface area (Å²) in [6.45, 7) is 4.38. The minimum atomic E-state index is -3.02. The van der Waals surface area contributed by atoms with E-state index in [2.05, 4.69) is 4.74 Å². The Hall–Kier alpha value is -1.73. The van der Waals surface area contributed by atoms with Crippen molar-refractivity contribution in [2.45, 2.75) is 45.5 Å². The molecule has 1 saturated heterocycles. The first-order chi connectivity index (χ1) is 9.66. The van der Waals surface area contributed by atoms with Gasteiger partial charge in [-0.05, 0) is 39.8 Å². The first-order valence-electron chi connectivity index (χ1n) is 6.39. The summed E-state index contributed by atoms with van der Waals surface area (Å²) in [7, 11) is 0. The number of benzene rings is 1. The van der Waals surface area contributed by atoms with Crippen LogP contribution < -0.4 is 9.96 Å². The molecule has 1 fully saturated rings. The molecule has 1 aromatic carbocycles. The summed E-state index contributed by atoms with van der Waals surface area (Å²) in [6.07, 6.45) is 0.446. The zero-order valence-electron chi connectivity index (χ0n) is 12.2. The highest BCUT2D eigenvalue weighted by Crippen LogP contribution is 2.40. The third-order valence-electron chi connectivity index (χ3n) is 3.62. The molecule has 1 heterocycles. The lowest BCUT2D eigenvalue weighted by atomic mass is 9.90. The summed E-state index contributed by atoms with van der Waals surface area (Å²) in [4.78, 5) is 22.2. The molecule has 5 nitrogen and oxygen atoms in total. The van der Waals surface area contributed by atoms with Crippen molar-refractivity contribution in [2.75, 3.05) is 5.23 Å². The van der Waals surface area contributed by atoms with Crippen LogP contribution in [0.25, 0.3) is 0 Å². The van der Waals surface area contributed by atoms with E-state index in [1.807, 2.05) is 27.7 Å². The largest absolute Gasteiger partial charge is 0.434 e. The van der Waals surface area contributed by atoms with Crippen molar-refractivity contribution in [3.63, 3.8) is 0 Å². The van der Waals surface area contributed by atoms with Crippen LogP contribution in [-0.2, 0) is 9.68 Å². The summed E-state index contributed by atoms with van der Waals surface area (Å²) >= 11 is 0. The normalized spacial score (nSPS) is 19.9. The molecule has 0 N–H and O–H groups in total. The predicted molar refractivity (Wildman–Crippen MR) is 71.3 cm³/mol. The third kappa shape index (κ3) is 2.98. The average Bonchev–Trinajstić information content (AvgIpc) is 2.57. The van der Waals surface area contributed by atoms with Gasteiger partial charge in [0.25, 0.3) is 0 Å². The van der Waals surface area contributed by atoms with E-state index in [1.165, 1.54) is 18.2 Å². The maximum Gasteiger partial charge on any atom is 0.387 e. The molecule has 0 aliphatic carbocycles. The number of carbonyl (C=O) groups excluding carboxylic acids is 1. The van der Waals surface area contributed by atoms with Crippen LogP contribution in [0.2, 0.25) is 0 Å². The van der Waals surface area contributed by atoms with Gasteiger partial charge in [0, 0.05) is 6.07 Å². The Morgan fingerprint density at radius 3 is 2.24 bits per heavy atom. The highest BCUT2D eigenvalue weighted by molar-refractivity contribution is 5.80. The van der Waals surface area contributed by atoms with Crippen molar-refractivity contribution in [1.29, 1.82) is 0 Å². The Labute approximate surface area is 121 Å². The van der Waals surface area contributed by atoms with E-state index in [-0.39, 0.29) is 11.3 Å². The molecule has 0 unspecified atom stereocenters. The highest BCUT2D eigenvalue weighted by Gasteiger charge is 2.50. The maximum absolute atomic E-state index is 12.4. The number of aldehydes is 1. The number of nitrogens with zero attached hydrogens (tertiary/aromatic N) is 1. The van der Waals surface area contributed by atoms with Crippen LogP contribution in [0.1, 0.15) is 38.1 Å². The molecule has 1 aromatic rings. The van der Waals surface area contributed by atoms with Gasteiger partial charge in [0.2, 0.25) is 0 Å². The van der Waals surface area contributed by atoms with Gasteiger partial charge in [-0.2, -0.15) is 8.78 Å². The minimum Gasteiger partial charge on any atom is -0.434 e. The van der Waals surface area contributed by atoms with Crippen LogP contribution in [0.15, 0.2) is 18.2 Å². The van der Waals surface area contributed by atoms with Crippen LogP contribution in [0.4, 0.5) is 14.5 Å². The van der Waals surface area contributed by atoms with Crippen LogP contribution in [0.3, 0.4) is 0 Å². The van der Waals surface area contributed by atoms with E-state index in [4.69, 9.17) is 9.68 Å². The van der Waals surface area contributed by atoms with Gasteiger partial charge in [-0.3, -0.25) is 4.79 Å². The van der Waals surface area contributed by atoms with E-state index in [9.17, 15) is 13.6 Å². The third-order valence-corrected chi connectivity index (χ3v) is 3.62. The van der Waals surface area contributed by atoms with Crippen LogP contribution in [-0.4, -0.2) is 24.1 Å². The second kappa shape index (κ2) is 5.23. The van der Waals surface area contributed by atoms with Crippen molar-refractivity contribution in [1.82, 2.24) is 0 Å². The molecule has 0 bridgehead atoms. The summed E-state index contributed by atoms with van der Waals surface area (Å²) in [5.41, 5.74) is -0.841. The number of carbonyl (C=O) groups is 1. The van der Waals surface area contributed by atoms with Crippen molar-refractivity contribution in [2.24, 2.45) is 0 Å². The quantitative estimate of drug-likeness (QED) is 0.798. The van der Waals surface area contributed by atoms with Crippen LogP contribution >= 0.6 is 0 Å². The van der Waals surface area contributed by atoms with Crippen LogP contribution in [0, 0.1) is 0 Å². The Balaban J connectivity index is 2.32. The van der Waals surface area contributed by atoms with Crippen molar-refractivity contribution in [3.05, 3.63) is 23.8 Å². The second-order valence-corrected chi connectivity index (χ2v) is 5.68. The van der Waals surface area contributed by atoms with E-state index in [1.54, 1.807) is 0 Å². The molecule has 0 aromatic heterocycles. The SMILES string of the molecule is CC1(C)ON(c2ccc(C=O)c(OC(F)F)c2)OC1(C)C. The van der Waals surface area contributed by atoms with Gasteiger partial charge in [0.15, 0.2) is 6.29 Å². The smallest absolute Gasteiger partial charge is 0.387 e. The molecule has 7 heteroatoms. The molecule has 0 saturated carbocycles. The first kappa shape index (κ1) is 15.7. The monoisotopic (exact) mass is 301 g/mol. The fraction of sp³-hybridized carbons (Fsp3) is 0.500. The molecule has 2 rings (SSSR count). The lowest BCUT2D eigenvalue weighted by Crippen LogP contribution is -2.41. The van der Waals surface area contributed by atoms with Crippen molar-refractivity contribution in [3.8, 4) is 5.75 Å². The molecule has 0 radical (unpaired) electrons. The van der Waals surface area contributed by atoms with Gasteiger partial charge in [0.1, 0.15) is 17.0 Å².